The van der Waals surface area contributed by atoms with Crippen LogP contribution >= 0.6 is 0 Å². The van der Waals surface area contributed by atoms with E-state index in [1.807, 2.05) is 18.2 Å². The molecule has 0 spiro atoms. The molecule has 3 aromatic rings. The van der Waals surface area contributed by atoms with Crippen LogP contribution in [0.1, 0.15) is 42.6 Å². The molecule has 9 nitrogen and oxygen atoms in total. The molecule has 168 valence electrons. The van der Waals surface area contributed by atoms with E-state index in [1.165, 1.54) is 6.20 Å². The quantitative estimate of drug-likeness (QED) is 0.457. The molecule has 1 aliphatic heterocycles. The van der Waals surface area contributed by atoms with Crippen LogP contribution < -0.4 is 26.4 Å². The van der Waals surface area contributed by atoms with Gasteiger partial charge >= 0.3 is 0 Å². The van der Waals surface area contributed by atoms with E-state index in [1.54, 1.807) is 32.0 Å². The fourth-order valence-corrected chi connectivity index (χ4v) is 3.83. The normalized spacial score (nSPS) is 17.2. The van der Waals surface area contributed by atoms with Crippen molar-refractivity contribution in [3.8, 4) is 5.75 Å². The SMILES string of the molecule is CC1(C)Oc2ccc(Nc3ncc(C(N)=O)c(NC4(c5ccccc5)CC4)n3)cc2NC1=O. The maximum absolute atomic E-state index is 12.2. The number of hydrogen-bond acceptors (Lipinski definition) is 7. The van der Waals surface area contributed by atoms with Crippen LogP contribution in [0.5, 0.6) is 5.75 Å². The Kier molecular flexibility index (Phi) is 4.70. The van der Waals surface area contributed by atoms with Gasteiger partial charge in [0.2, 0.25) is 5.95 Å². The zero-order chi connectivity index (χ0) is 23.2. The largest absolute Gasteiger partial charge is 0.476 e. The van der Waals surface area contributed by atoms with Crippen molar-refractivity contribution in [2.75, 3.05) is 16.0 Å². The first-order valence-electron chi connectivity index (χ1n) is 10.7. The monoisotopic (exact) mass is 444 g/mol. The lowest BCUT2D eigenvalue weighted by atomic mass is 10.0. The molecular formula is C24H24N6O3. The summed E-state index contributed by atoms with van der Waals surface area (Å²) in [6.07, 6.45) is 3.25. The van der Waals surface area contributed by atoms with E-state index >= 15 is 0 Å². The molecule has 0 radical (unpaired) electrons. The minimum absolute atomic E-state index is 0.219. The third-order valence-corrected chi connectivity index (χ3v) is 5.88. The molecule has 2 heterocycles. The van der Waals surface area contributed by atoms with Crippen LogP contribution in [0.3, 0.4) is 0 Å². The van der Waals surface area contributed by atoms with Crippen molar-refractivity contribution < 1.29 is 14.3 Å². The lowest BCUT2D eigenvalue weighted by molar-refractivity contribution is -0.129. The zero-order valence-electron chi connectivity index (χ0n) is 18.3. The molecule has 33 heavy (non-hydrogen) atoms. The minimum Gasteiger partial charge on any atom is -0.476 e. The van der Waals surface area contributed by atoms with Crippen LogP contribution in [-0.4, -0.2) is 27.4 Å². The highest BCUT2D eigenvalue weighted by Gasteiger charge is 2.45. The highest BCUT2D eigenvalue weighted by Crippen LogP contribution is 2.48. The number of fused-ring (bicyclic) bond motifs is 1. The Hall–Kier alpha value is -4.14. The number of primary amides is 1. The molecule has 1 fully saturated rings. The third-order valence-electron chi connectivity index (χ3n) is 5.88. The molecule has 9 heteroatoms. The van der Waals surface area contributed by atoms with Crippen molar-refractivity contribution in [1.82, 2.24) is 9.97 Å². The molecule has 5 rings (SSSR count). The second kappa shape index (κ2) is 7.47. The summed E-state index contributed by atoms with van der Waals surface area (Å²) in [6.45, 7) is 3.42. The molecule has 2 amide bonds. The highest BCUT2D eigenvalue weighted by atomic mass is 16.5. The molecule has 1 aromatic heterocycles. The van der Waals surface area contributed by atoms with Crippen molar-refractivity contribution in [3.63, 3.8) is 0 Å². The molecule has 0 bridgehead atoms. The molecule has 0 unspecified atom stereocenters. The Balaban J connectivity index is 1.42. The van der Waals surface area contributed by atoms with Gasteiger partial charge in [-0.15, -0.1) is 0 Å². The number of ether oxygens (including phenoxy) is 1. The van der Waals surface area contributed by atoms with Gasteiger partial charge in [-0.2, -0.15) is 4.98 Å². The molecule has 2 aliphatic rings. The Morgan fingerprint density at radius 2 is 1.91 bits per heavy atom. The lowest BCUT2D eigenvalue weighted by Gasteiger charge is -2.31. The Bertz CT molecular complexity index is 1250. The number of hydrogen-bond donors (Lipinski definition) is 4. The van der Waals surface area contributed by atoms with E-state index in [-0.39, 0.29) is 23.0 Å². The van der Waals surface area contributed by atoms with Crippen LogP contribution in [0.2, 0.25) is 0 Å². The van der Waals surface area contributed by atoms with Gasteiger partial charge in [0.1, 0.15) is 11.6 Å². The Morgan fingerprint density at radius 1 is 1.15 bits per heavy atom. The highest BCUT2D eigenvalue weighted by molar-refractivity contribution is 6.01. The van der Waals surface area contributed by atoms with Gasteiger partial charge in [-0.05, 0) is 50.5 Å². The number of aromatic nitrogens is 2. The standard InChI is InChI=1S/C24H24N6O3/c1-23(2)21(32)28-17-12-15(8-9-18(17)33-23)27-22-26-13-16(19(25)31)20(29-22)30-24(10-11-24)14-6-4-3-5-7-14/h3-9,12-13H,10-11H2,1-2H3,(H2,25,31)(H,28,32)(H2,26,27,29,30). The summed E-state index contributed by atoms with van der Waals surface area (Å²) in [6, 6.07) is 15.4. The van der Waals surface area contributed by atoms with E-state index in [2.05, 4.69) is 38.1 Å². The van der Waals surface area contributed by atoms with Crippen LogP contribution in [0.25, 0.3) is 0 Å². The number of nitrogens with zero attached hydrogens (tertiary/aromatic N) is 2. The van der Waals surface area contributed by atoms with Crippen LogP contribution in [0, 0.1) is 0 Å². The average Bonchev–Trinajstić information content (AvgIpc) is 3.56. The van der Waals surface area contributed by atoms with E-state index in [0.29, 0.717) is 22.9 Å². The minimum atomic E-state index is -0.937. The summed E-state index contributed by atoms with van der Waals surface area (Å²) in [4.78, 5) is 33.0. The maximum Gasteiger partial charge on any atom is 0.268 e. The number of carbonyl (C=O) groups excluding carboxylic acids is 2. The smallest absolute Gasteiger partial charge is 0.268 e. The van der Waals surface area contributed by atoms with Gasteiger partial charge in [0, 0.05) is 11.9 Å². The van der Waals surface area contributed by atoms with Crippen LogP contribution in [0.4, 0.5) is 23.1 Å². The zero-order valence-corrected chi connectivity index (χ0v) is 18.3. The van der Waals surface area contributed by atoms with Crippen molar-refractivity contribution in [1.29, 1.82) is 0 Å². The first-order valence-corrected chi connectivity index (χ1v) is 10.7. The van der Waals surface area contributed by atoms with Crippen LogP contribution in [0.15, 0.2) is 54.7 Å². The topological polar surface area (TPSA) is 131 Å². The van der Waals surface area contributed by atoms with Crippen molar-refractivity contribution in [3.05, 3.63) is 65.9 Å². The van der Waals surface area contributed by atoms with Crippen LogP contribution in [-0.2, 0) is 10.3 Å². The van der Waals surface area contributed by atoms with Gasteiger partial charge in [-0.3, -0.25) is 9.59 Å². The number of rotatable bonds is 6. The maximum atomic E-state index is 12.2. The third kappa shape index (κ3) is 3.93. The average molecular weight is 444 g/mol. The molecule has 0 atom stereocenters. The van der Waals surface area contributed by atoms with E-state index in [4.69, 9.17) is 10.5 Å². The second-order valence-electron chi connectivity index (χ2n) is 8.80. The number of nitrogens with two attached hydrogens (primary N) is 1. The predicted molar refractivity (Wildman–Crippen MR) is 125 cm³/mol. The van der Waals surface area contributed by atoms with Gasteiger partial charge in [0.05, 0.1) is 16.8 Å². The number of amides is 2. The van der Waals surface area contributed by atoms with Crippen molar-refractivity contribution in [2.45, 2.75) is 37.8 Å². The number of carbonyl (C=O) groups is 2. The molecular weight excluding hydrogens is 420 g/mol. The summed E-state index contributed by atoms with van der Waals surface area (Å²) >= 11 is 0. The van der Waals surface area contributed by atoms with E-state index in [9.17, 15) is 9.59 Å². The lowest BCUT2D eigenvalue weighted by Crippen LogP contribution is -2.45. The molecule has 5 N–H and O–H groups in total. The second-order valence-corrected chi connectivity index (χ2v) is 8.80. The fraction of sp³-hybridized carbons (Fsp3) is 0.250. The summed E-state index contributed by atoms with van der Waals surface area (Å²) in [5.74, 6) is 0.406. The predicted octanol–water partition coefficient (Wildman–Crippen LogP) is 3.53. The number of benzene rings is 2. The summed E-state index contributed by atoms with van der Waals surface area (Å²) in [5, 5.41) is 9.39. The summed E-state index contributed by atoms with van der Waals surface area (Å²) < 4.78 is 5.77. The summed E-state index contributed by atoms with van der Waals surface area (Å²) in [5.41, 5.74) is 6.91. The Labute approximate surface area is 190 Å². The number of nitrogens with one attached hydrogen (secondary N) is 3. The van der Waals surface area contributed by atoms with Crippen molar-refractivity contribution >= 4 is 35.0 Å². The van der Waals surface area contributed by atoms with Gasteiger partial charge < -0.3 is 26.4 Å². The first-order chi connectivity index (χ1) is 15.8. The fourth-order valence-electron chi connectivity index (χ4n) is 3.83. The van der Waals surface area contributed by atoms with Gasteiger partial charge in [0.15, 0.2) is 5.60 Å². The first kappa shape index (κ1) is 20.7. The molecule has 2 aromatic carbocycles. The summed E-state index contributed by atoms with van der Waals surface area (Å²) in [7, 11) is 0. The van der Waals surface area contributed by atoms with E-state index in [0.717, 1.165) is 18.4 Å². The van der Waals surface area contributed by atoms with Gasteiger partial charge in [-0.1, -0.05) is 30.3 Å². The molecule has 1 saturated carbocycles. The Morgan fingerprint density at radius 3 is 2.61 bits per heavy atom. The molecule has 0 saturated heterocycles. The molecule has 1 aliphatic carbocycles. The van der Waals surface area contributed by atoms with Crippen molar-refractivity contribution in [2.24, 2.45) is 5.73 Å². The van der Waals surface area contributed by atoms with Gasteiger partial charge in [0.25, 0.3) is 11.8 Å². The van der Waals surface area contributed by atoms with Gasteiger partial charge in [-0.25, -0.2) is 4.98 Å². The number of anilines is 4. The van der Waals surface area contributed by atoms with E-state index < -0.39 is 11.5 Å².